The van der Waals surface area contributed by atoms with Gasteiger partial charge in [0.15, 0.2) is 0 Å². The molecule has 10 aromatic rings. The van der Waals surface area contributed by atoms with Gasteiger partial charge in [0.05, 0.1) is 5.69 Å². The molecule has 0 radical (unpaired) electrons. The fraction of sp³-hybridized carbons (Fsp3) is 0. The van der Waals surface area contributed by atoms with Crippen molar-refractivity contribution in [3.8, 4) is 33.4 Å². The SMILES string of the molecule is c1ccc(-c2ccc(-c3cc(N(c4ccc(-c5ccccc5)cc4)c4ccc5ccccc5c4)cc4oc5c6ccccc6ccc5c34)cc2)cc1. The molecule has 0 unspecified atom stereocenters. The van der Waals surface area contributed by atoms with E-state index in [1.54, 1.807) is 0 Å². The Bertz CT molecular complexity index is 2870. The zero-order valence-electron chi connectivity index (χ0n) is 28.4. The van der Waals surface area contributed by atoms with E-state index in [1.165, 1.54) is 38.4 Å². The maximum Gasteiger partial charge on any atom is 0.143 e. The molecule has 52 heavy (non-hydrogen) atoms. The van der Waals surface area contributed by atoms with E-state index in [0.717, 1.165) is 55.5 Å². The highest BCUT2D eigenvalue weighted by molar-refractivity contribution is 6.20. The van der Waals surface area contributed by atoms with Gasteiger partial charge in [-0.05, 0) is 85.9 Å². The molecule has 0 fully saturated rings. The van der Waals surface area contributed by atoms with Crippen LogP contribution in [0.5, 0.6) is 0 Å². The van der Waals surface area contributed by atoms with Gasteiger partial charge in [-0.1, -0.05) is 158 Å². The molecule has 2 nitrogen and oxygen atoms in total. The Kier molecular flexibility index (Phi) is 7.18. The lowest BCUT2D eigenvalue weighted by atomic mass is 9.95. The average Bonchev–Trinajstić information content (AvgIpc) is 3.61. The fourth-order valence-corrected chi connectivity index (χ4v) is 7.65. The second-order valence-electron chi connectivity index (χ2n) is 13.4. The maximum atomic E-state index is 6.90. The zero-order valence-corrected chi connectivity index (χ0v) is 28.4. The Morgan fingerprint density at radius 2 is 0.865 bits per heavy atom. The molecule has 0 N–H and O–H groups in total. The van der Waals surface area contributed by atoms with E-state index >= 15 is 0 Å². The summed E-state index contributed by atoms with van der Waals surface area (Å²) in [6.07, 6.45) is 0. The largest absolute Gasteiger partial charge is 0.455 e. The lowest BCUT2D eigenvalue weighted by molar-refractivity contribution is 0.673. The Labute approximate surface area is 302 Å². The minimum Gasteiger partial charge on any atom is -0.455 e. The minimum atomic E-state index is 0.859. The van der Waals surface area contributed by atoms with Crippen molar-refractivity contribution in [3.63, 3.8) is 0 Å². The molecule has 0 atom stereocenters. The van der Waals surface area contributed by atoms with Crippen molar-refractivity contribution >= 4 is 60.5 Å². The number of anilines is 3. The summed E-state index contributed by atoms with van der Waals surface area (Å²) in [5.41, 5.74) is 12.0. The third kappa shape index (κ3) is 5.21. The van der Waals surface area contributed by atoms with Crippen LogP contribution in [0.15, 0.2) is 205 Å². The minimum absolute atomic E-state index is 0.859. The van der Waals surface area contributed by atoms with Crippen LogP contribution in [0.3, 0.4) is 0 Å². The molecular formula is C50H33NO. The van der Waals surface area contributed by atoms with E-state index in [2.05, 4.69) is 205 Å². The normalized spacial score (nSPS) is 11.5. The predicted molar refractivity (Wildman–Crippen MR) is 220 cm³/mol. The maximum absolute atomic E-state index is 6.90. The first kappa shape index (κ1) is 30.0. The first-order valence-corrected chi connectivity index (χ1v) is 17.8. The molecule has 0 spiro atoms. The monoisotopic (exact) mass is 663 g/mol. The van der Waals surface area contributed by atoms with E-state index in [4.69, 9.17) is 4.42 Å². The van der Waals surface area contributed by atoms with Gasteiger partial charge in [0.2, 0.25) is 0 Å². The summed E-state index contributed by atoms with van der Waals surface area (Å²) in [5.74, 6) is 0. The molecule has 0 aliphatic rings. The van der Waals surface area contributed by atoms with Crippen molar-refractivity contribution in [1.82, 2.24) is 0 Å². The highest BCUT2D eigenvalue weighted by Gasteiger charge is 2.21. The molecule has 1 heterocycles. The lowest BCUT2D eigenvalue weighted by Crippen LogP contribution is -2.10. The highest BCUT2D eigenvalue weighted by Crippen LogP contribution is 2.45. The number of nitrogens with zero attached hydrogens (tertiary/aromatic N) is 1. The van der Waals surface area contributed by atoms with Gasteiger partial charge < -0.3 is 9.32 Å². The Morgan fingerprint density at radius 1 is 0.327 bits per heavy atom. The first-order valence-electron chi connectivity index (χ1n) is 17.8. The Morgan fingerprint density at radius 3 is 1.58 bits per heavy atom. The third-order valence-electron chi connectivity index (χ3n) is 10.2. The van der Waals surface area contributed by atoms with Crippen molar-refractivity contribution in [2.75, 3.05) is 4.90 Å². The summed E-state index contributed by atoms with van der Waals surface area (Å²) in [6, 6.07) is 71.7. The summed E-state index contributed by atoms with van der Waals surface area (Å²) in [7, 11) is 0. The number of hydrogen-bond acceptors (Lipinski definition) is 2. The van der Waals surface area contributed by atoms with Crippen LogP contribution in [0.2, 0.25) is 0 Å². The van der Waals surface area contributed by atoms with Crippen LogP contribution >= 0.6 is 0 Å². The lowest BCUT2D eigenvalue weighted by Gasteiger charge is -2.27. The fourth-order valence-electron chi connectivity index (χ4n) is 7.65. The van der Waals surface area contributed by atoms with Crippen LogP contribution in [-0.4, -0.2) is 0 Å². The van der Waals surface area contributed by atoms with Crippen LogP contribution in [-0.2, 0) is 0 Å². The van der Waals surface area contributed by atoms with Crippen molar-refractivity contribution in [2.24, 2.45) is 0 Å². The zero-order chi connectivity index (χ0) is 34.4. The number of rotatable bonds is 6. The van der Waals surface area contributed by atoms with Gasteiger partial charge in [0.1, 0.15) is 11.2 Å². The molecule has 0 saturated carbocycles. The van der Waals surface area contributed by atoms with Gasteiger partial charge in [0.25, 0.3) is 0 Å². The van der Waals surface area contributed by atoms with Gasteiger partial charge >= 0.3 is 0 Å². The van der Waals surface area contributed by atoms with Crippen LogP contribution in [0.1, 0.15) is 0 Å². The van der Waals surface area contributed by atoms with E-state index in [0.29, 0.717) is 0 Å². The predicted octanol–water partition coefficient (Wildman–Crippen LogP) is 14.4. The molecule has 0 aliphatic heterocycles. The van der Waals surface area contributed by atoms with Crippen molar-refractivity contribution in [3.05, 3.63) is 200 Å². The van der Waals surface area contributed by atoms with Crippen molar-refractivity contribution < 1.29 is 4.42 Å². The van der Waals surface area contributed by atoms with Gasteiger partial charge in [-0.2, -0.15) is 0 Å². The highest BCUT2D eigenvalue weighted by atomic mass is 16.3. The molecule has 10 rings (SSSR count). The van der Waals surface area contributed by atoms with E-state index in [9.17, 15) is 0 Å². The standard InChI is InChI=1S/C50H33NO/c1-3-11-34(12-4-1)37-19-21-40(22-20-37)47-32-44(33-48-49(47)46-30-26-39-16-9-10-18-45(39)50(46)52-48)51(43-29-25-36-15-7-8-17-41(36)31-43)42-27-23-38(24-28-42)35-13-5-2-6-14-35/h1-33H. The van der Waals surface area contributed by atoms with Gasteiger partial charge in [-0.3, -0.25) is 0 Å². The number of furan rings is 1. The summed E-state index contributed by atoms with van der Waals surface area (Å²) in [5, 5.41) is 6.93. The molecule has 0 saturated heterocycles. The molecular weight excluding hydrogens is 631 g/mol. The van der Waals surface area contributed by atoms with Crippen molar-refractivity contribution in [2.45, 2.75) is 0 Å². The summed E-state index contributed by atoms with van der Waals surface area (Å²) in [6.45, 7) is 0. The summed E-state index contributed by atoms with van der Waals surface area (Å²) >= 11 is 0. The number of benzene rings is 9. The molecule has 2 heteroatoms. The molecule has 244 valence electrons. The van der Waals surface area contributed by atoms with Gasteiger partial charge in [0, 0.05) is 33.6 Å². The van der Waals surface area contributed by atoms with Crippen LogP contribution in [0.4, 0.5) is 17.1 Å². The summed E-state index contributed by atoms with van der Waals surface area (Å²) < 4.78 is 6.90. The number of fused-ring (bicyclic) bond motifs is 6. The Balaban J connectivity index is 1.22. The topological polar surface area (TPSA) is 16.4 Å². The smallest absolute Gasteiger partial charge is 0.143 e. The second kappa shape index (κ2) is 12.5. The Hall–Kier alpha value is -6.90. The van der Waals surface area contributed by atoms with Gasteiger partial charge in [-0.15, -0.1) is 0 Å². The average molecular weight is 664 g/mol. The van der Waals surface area contributed by atoms with Gasteiger partial charge in [-0.25, -0.2) is 0 Å². The van der Waals surface area contributed by atoms with E-state index in [1.807, 2.05) is 0 Å². The van der Waals surface area contributed by atoms with Crippen molar-refractivity contribution in [1.29, 1.82) is 0 Å². The molecule has 0 amide bonds. The quantitative estimate of drug-likeness (QED) is 0.176. The molecule has 0 bridgehead atoms. The van der Waals surface area contributed by atoms with Crippen LogP contribution < -0.4 is 4.90 Å². The third-order valence-corrected chi connectivity index (χ3v) is 10.2. The molecule has 1 aromatic heterocycles. The van der Waals surface area contributed by atoms with Crippen LogP contribution in [0, 0.1) is 0 Å². The van der Waals surface area contributed by atoms with E-state index < -0.39 is 0 Å². The number of hydrogen-bond donors (Lipinski definition) is 0. The second-order valence-corrected chi connectivity index (χ2v) is 13.4. The molecule has 0 aliphatic carbocycles. The van der Waals surface area contributed by atoms with E-state index in [-0.39, 0.29) is 0 Å². The van der Waals surface area contributed by atoms with Crippen LogP contribution in [0.25, 0.3) is 76.9 Å². The molecule has 9 aromatic carbocycles. The first-order chi connectivity index (χ1) is 25.8. The summed E-state index contributed by atoms with van der Waals surface area (Å²) in [4.78, 5) is 2.35.